The largest absolute Gasteiger partial charge is 0.444 e. The van der Waals surface area contributed by atoms with Crippen molar-refractivity contribution in [2.45, 2.75) is 70.8 Å². The Hall–Kier alpha value is -1.59. The second kappa shape index (κ2) is 4.77. The van der Waals surface area contributed by atoms with E-state index in [4.69, 9.17) is 9.15 Å². The minimum absolute atomic E-state index is 0.163. The van der Waals surface area contributed by atoms with Crippen molar-refractivity contribution in [3.63, 3.8) is 0 Å². The number of carbonyl (C=O) groups excluding carboxylic acids is 1. The van der Waals surface area contributed by atoms with Gasteiger partial charge in [-0.1, -0.05) is 0 Å². The summed E-state index contributed by atoms with van der Waals surface area (Å²) >= 11 is 0. The molecule has 6 heteroatoms. The van der Waals surface area contributed by atoms with Crippen molar-refractivity contribution in [1.82, 2.24) is 15.1 Å². The molecule has 5 fully saturated rings. The van der Waals surface area contributed by atoms with Crippen LogP contribution in [0.2, 0.25) is 0 Å². The molecule has 2 bridgehead atoms. The summed E-state index contributed by atoms with van der Waals surface area (Å²) in [6.07, 6.45) is 6.95. The second-order valence-electron chi connectivity index (χ2n) is 9.96. The molecule has 6 nitrogen and oxygen atoms in total. The zero-order valence-corrected chi connectivity index (χ0v) is 15.4. The van der Waals surface area contributed by atoms with Crippen molar-refractivity contribution in [3.8, 4) is 0 Å². The van der Waals surface area contributed by atoms with Crippen LogP contribution in [0, 0.1) is 16.7 Å². The molecule has 136 valence electrons. The Morgan fingerprint density at radius 2 is 1.92 bits per heavy atom. The van der Waals surface area contributed by atoms with Crippen LogP contribution >= 0.6 is 0 Å². The van der Waals surface area contributed by atoms with Crippen LogP contribution in [0.25, 0.3) is 0 Å². The number of hydrogen-bond donors (Lipinski definition) is 0. The molecule has 1 aliphatic heterocycles. The van der Waals surface area contributed by atoms with Crippen LogP contribution in [0.4, 0.5) is 4.79 Å². The molecule has 2 heterocycles. The fourth-order valence-electron chi connectivity index (χ4n) is 5.20. The molecular weight excluding hydrogens is 318 g/mol. The maximum absolute atomic E-state index is 12.1. The Labute approximate surface area is 148 Å². The van der Waals surface area contributed by atoms with Crippen molar-refractivity contribution < 1.29 is 13.9 Å². The number of amides is 1. The molecule has 1 amide bonds. The van der Waals surface area contributed by atoms with Crippen LogP contribution in [0.1, 0.15) is 70.6 Å². The summed E-state index contributed by atoms with van der Waals surface area (Å²) in [7, 11) is 0. The highest BCUT2D eigenvalue weighted by atomic mass is 16.6. The van der Waals surface area contributed by atoms with Gasteiger partial charge >= 0.3 is 6.09 Å². The Bertz CT molecular complexity index is 690. The molecule has 0 aromatic carbocycles. The fourth-order valence-corrected chi connectivity index (χ4v) is 5.20. The normalized spacial score (nSPS) is 34.1. The van der Waals surface area contributed by atoms with Crippen LogP contribution in [-0.2, 0) is 11.2 Å². The van der Waals surface area contributed by atoms with Gasteiger partial charge in [-0.25, -0.2) is 4.79 Å². The molecule has 0 spiro atoms. The van der Waals surface area contributed by atoms with Crippen molar-refractivity contribution in [3.05, 3.63) is 11.8 Å². The van der Waals surface area contributed by atoms with Crippen LogP contribution in [0.5, 0.6) is 0 Å². The summed E-state index contributed by atoms with van der Waals surface area (Å²) < 4.78 is 11.3. The van der Waals surface area contributed by atoms with Gasteiger partial charge in [-0.15, -0.1) is 10.2 Å². The fraction of sp³-hybridized carbons (Fsp3) is 0.842. The van der Waals surface area contributed by atoms with E-state index in [0.29, 0.717) is 22.7 Å². The first-order chi connectivity index (χ1) is 11.8. The average Bonchev–Trinajstić information content (AvgIpc) is 3.11. The van der Waals surface area contributed by atoms with Crippen LogP contribution in [0.15, 0.2) is 4.42 Å². The lowest BCUT2D eigenvalue weighted by molar-refractivity contribution is -0.256. The maximum Gasteiger partial charge on any atom is 0.410 e. The molecule has 4 saturated carbocycles. The minimum Gasteiger partial charge on any atom is -0.444 e. The van der Waals surface area contributed by atoms with E-state index in [9.17, 15) is 4.79 Å². The van der Waals surface area contributed by atoms with Crippen molar-refractivity contribution >= 4 is 6.09 Å². The lowest BCUT2D eigenvalue weighted by Crippen LogP contribution is -2.71. The van der Waals surface area contributed by atoms with E-state index in [1.165, 1.54) is 32.1 Å². The highest BCUT2D eigenvalue weighted by Crippen LogP contribution is 2.77. The molecule has 25 heavy (non-hydrogen) atoms. The van der Waals surface area contributed by atoms with Gasteiger partial charge in [-0.2, -0.15) is 0 Å². The van der Waals surface area contributed by atoms with E-state index in [2.05, 4.69) is 10.2 Å². The quantitative estimate of drug-likeness (QED) is 0.835. The van der Waals surface area contributed by atoms with Crippen molar-refractivity contribution in [1.29, 1.82) is 0 Å². The molecule has 4 aliphatic carbocycles. The highest BCUT2D eigenvalue weighted by Gasteiger charge is 2.71. The van der Waals surface area contributed by atoms with E-state index in [-0.39, 0.29) is 6.09 Å². The Balaban J connectivity index is 1.11. The van der Waals surface area contributed by atoms with E-state index in [1.54, 1.807) is 0 Å². The zero-order chi connectivity index (χ0) is 17.4. The smallest absolute Gasteiger partial charge is 0.410 e. The van der Waals surface area contributed by atoms with Crippen LogP contribution < -0.4 is 0 Å². The lowest BCUT2D eigenvalue weighted by atomic mass is 9.30. The number of ether oxygens (including phenoxy) is 1. The van der Waals surface area contributed by atoms with Gasteiger partial charge in [0.1, 0.15) is 5.60 Å². The second-order valence-corrected chi connectivity index (χ2v) is 9.96. The third-order valence-corrected chi connectivity index (χ3v) is 6.52. The van der Waals surface area contributed by atoms with Gasteiger partial charge < -0.3 is 14.1 Å². The number of carbonyl (C=O) groups is 1. The number of nitrogens with zero attached hydrogens (tertiary/aromatic N) is 3. The molecule has 0 unspecified atom stereocenters. The molecule has 5 aliphatic rings. The van der Waals surface area contributed by atoms with Gasteiger partial charge in [0.15, 0.2) is 0 Å². The SMILES string of the molecule is CC(C)(C)OC(=O)N1CC(C23CC(Cc4nnc(C5CC5)o4)(C2)C3)C1. The Morgan fingerprint density at radius 3 is 2.52 bits per heavy atom. The maximum atomic E-state index is 12.1. The predicted molar refractivity (Wildman–Crippen MR) is 90.0 cm³/mol. The third-order valence-electron chi connectivity index (χ3n) is 6.52. The molecule has 0 atom stereocenters. The number of likely N-dealkylation sites (tertiary alicyclic amines) is 1. The highest BCUT2D eigenvalue weighted by molar-refractivity contribution is 5.69. The standard InChI is InChI=1S/C19H27N3O3/c1-17(2,3)25-16(23)22-7-13(8-22)19-9-18(10-19,11-19)6-14-20-21-15(24-14)12-4-5-12/h12-13H,4-11H2,1-3H3. The summed E-state index contributed by atoms with van der Waals surface area (Å²) in [5.74, 6) is 2.86. The topological polar surface area (TPSA) is 68.5 Å². The van der Waals surface area contributed by atoms with Gasteiger partial charge in [-0.05, 0) is 63.7 Å². The molecule has 1 aromatic heterocycles. The lowest BCUT2D eigenvalue weighted by Gasteiger charge is -2.75. The van der Waals surface area contributed by atoms with Crippen molar-refractivity contribution in [2.75, 3.05) is 13.1 Å². The summed E-state index contributed by atoms with van der Waals surface area (Å²) in [6.45, 7) is 7.46. The van der Waals surface area contributed by atoms with Crippen LogP contribution in [0.3, 0.4) is 0 Å². The van der Waals surface area contributed by atoms with Gasteiger partial charge in [0, 0.05) is 31.3 Å². The van der Waals surface area contributed by atoms with Crippen molar-refractivity contribution in [2.24, 2.45) is 16.7 Å². The first-order valence-electron chi connectivity index (χ1n) is 9.56. The summed E-state index contributed by atoms with van der Waals surface area (Å²) in [4.78, 5) is 13.9. The van der Waals surface area contributed by atoms with E-state index in [0.717, 1.165) is 31.3 Å². The molecule has 6 rings (SSSR count). The number of hydrogen-bond acceptors (Lipinski definition) is 5. The molecule has 1 aromatic rings. The summed E-state index contributed by atoms with van der Waals surface area (Å²) in [5, 5.41) is 8.46. The van der Waals surface area contributed by atoms with E-state index >= 15 is 0 Å². The monoisotopic (exact) mass is 345 g/mol. The number of rotatable bonds is 4. The molecule has 0 radical (unpaired) electrons. The Morgan fingerprint density at radius 1 is 1.24 bits per heavy atom. The summed E-state index contributed by atoms with van der Waals surface area (Å²) in [6, 6.07) is 0. The Kier molecular flexibility index (Phi) is 2.99. The molecule has 0 N–H and O–H groups in total. The van der Waals surface area contributed by atoms with E-state index in [1.807, 2.05) is 25.7 Å². The van der Waals surface area contributed by atoms with Gasteiger partial charge in [0.05, 0.1) is 0 Å². The van der Waals surface area contributed by atoms with Gasteiger partial charge in [0.2, 0.25) is 11.8 Å². The molecular formula is C19H27N3O3. The first kappa shape index (κ1) is 15.6. The van der Waals surface area contributed by atoms with E-state index < -0.39 is 5.60 Å². The number of aromatic nitrogens is 2. The first-order valence-corrected chi connectivity index (χ1v) is 9.56. The third kappa shape index (κ3) is 2.56. The van der Waals surface area contributed by atoms with Gasteiger partial charge in [0.25, 0.3) is 0 Å². The van der Waals surface area contributed by atoms with Gasteiger partial charge in [-0.3, -0.25) is 0 Å². The average molecular weight is 345 g/mol. The predicted octanol–water partition coefficient (Wildman–Crippen LogP) is 3.53. The minimum atomic E-state index is -0.411. The summed E-state index contributed by atoms with van der Waals surface area (Å²) in [5.41, 5.74) is 0.462. The van der Waals surface area contributed by atoms with Crippen LogP contribution in [-0.4, -0.2) is 39.9 Å². The molecule has 1 saturated heterocycles. The zero-order valence-electron chi connectivity index (χ0n) is 15.4.